The fourth-order valence-corrected chi connectivity index (χ4v) is 3.50. The van der Waals surface area contributed by atoms with Crippen LogP contribution in [0.15, 0.2) is 42.5 Å². The van der Waals surface area contributed by atoms with E-state index in [1.54, 1.807) is 0 Å². The summed E-state index contributed by atoms with van der Waals surface area (Å²) in [5, 5.41) is 9.05. The standard InChI is InChI=1S/C25H35N3O2/c1-7-20-11-13-21(14-12-20)23(16(2)3)27-19(6)25(30)26-15-22(29)28-24-17(4)9-8-10-18(24)5/h8-14,16,19,23,27H,7,15H2,1-6H3,(H,26,30)(H,28,29)/t19-,23+/m1/s1. The molecule has 2 rings (SSSR count). The molecule has 0 aliphatic heterocycles. The van der Waals surface area contributed by atoms with E-state index in [-0.39, 0.29) is 24.4 Å². The Bertz CT molecular complexity index is 839. The maximum Gasteiger partial charge on any atom is 0.243 e. The largest absolute Gasteiger partial charge is 0.346 e. The van der Waals surface area contributed by atoms with Gasteiger partial charge in [0.05, 0.1) is 12.6 Å². The smallest absolute Gasteiger partial charge is 0.243 e. The first-order valence-electron chi connectivity index (χ1n) is 10.7. The number of carbonyl (C=O) groups is 2. The molecule has 0 spiro atoms. The third-order valence-corrected chi connectivity index (χ3v) is 5.41. The summed E-state index contributed by atoms with van der Waals surface area (Å²) >= 11 is 0. The highest BCUT2D eigenvalue weighted by atomic mass is 16.2. The van der Waals surface area contributed by atoms with Gasteiger partial charge in [-0.05, 0) is 55.4 Å². The van der Waals surface area contributed by atoms with Crippen molar-refractivity contribution in [1.29, 1.82) is 0 Å². The van der Waals surface area contributed by atoms with E-state index in [9.17, 15) is 9.59 Å². The van der Waals surface area contributed by atoms with Crippen LogP contribution in [-0.2, 0) is 16.0 Å². The van der Waals surface area contributed by atoms with Crippen LogP contribution in [0.4, 0.5) is 5.69 Å². The summed E-state index contributed by atoms with van der Waals surface area (Å²) in [7, 11) is 0. The summed E-state index contributed by atoms with van der Waals surface area (Å²) in [6, 6.07) is 14.0. The molecule has 0 aromatic heterocycles. The number of carbonyl (C=O) groups excluding carboxylic acids is 2. The van der Waals surface area contributed by atoms with Gasteiger partial charge in [0.25, 0.3) is 0 Å². The highest BCUT2D eigenvalue weighted by molar-refractivity contribution is 5.96. The second-order valence-corrected chi connectivity index (χ2v) is 8.24. The fourth-order valence-electron chi connectivity index (χ4n) is 3.50. The second-order valence-electron chi connectivity index (χ2n) is 8.24. The number of hydrogen-bond donors (Lipinski definition) is 3. The van der Waals surface area contributed by atoms with Gasteiger partial charge in [-0.25, -0.2) is 0 Å². The highest BCUT2D eigenvalue weighted by Crippen LogP contribution is 2.23. The molecule has 2 amide bonds. The van der Waals surface area contributed by atoms with Crippen LogP contribution < -0.4 is 16.0 Å². The molecule has 2 aromatic rings. The zero-order valence-electron chi connectivity index (χ0n) is 19.0. The Morgan fingerprint density at radius 2 is 1.53 bits per heavy atom. The number of hydrogen-bond acceptors (Lipinski definition) is 3. The van der Waals surface area contributed by atoms with Crippen LogP contribution in [0.2, 0.25) is 0 Å². The molecule has 3 N–H and O–H groups in total. The van der Waals surface area contributed by atoms with Crippen LogP contribution >= 0.6 is 0 Å². The predicted molar refractivity (Wildman–Crippen MR) is 124 cm³/mol. The van der Waals surface area contributed by atoms with E-state index in [1.165, 1.54) is 5.56 Å². The minimum Gasteiger partial charge on any atom is -0.346 e. The quantitative estimate of drug-likeness (QED) is 0.578. The number of aryl methyl sites for hydroxylation is 3. The summed E-state index contributed by atoms with van der Waals surface area (Å²) in [4.78, 5) is 24.9. The molecule has 162 valence electrons. The Labute approximate surface area is 180 Å². The molecule has 0 bridgehead atoms. The maximum absolute atomic E-state index is 12.6. The number of nitrogens with one attached hydrogen (secondary N) is 3. The first kappa shape index (κ1) is 23.6. The van der Waals surface area contributed by atoms with Crippen LogP contribution in [0.1, 0.15) is 56.0 Å². The summed E-state index contributed by atoms with van der Waals surface area (Å²) in [6.45, 7) is 12.1. The number of para-hydroxylation sites is 1. The molecule has 30 heavy (non-hydrogen) atoms. The third kappa shape index (κ3) is 6.42. The summed E-state index contributed by atoms with van der Waals surface area (Å²) in [6.07, 6.45) is 1.00. The van der Waals surface area contributed by atoms with E-state index < -0.39 is 6.04 Å². The van der Waals surface area contributed by atoms with Gasteiger partial charge in [0.1, 0.15) is 0 Å². The van der Waals surface area contributed by atoms with Gasteiger partial charge >= 0.3 is 0 Å². The van der Waals surface area contributed by atoms with Crippen molar-refractivity contribution in [2.24, 2.45) is 5.92 Å². The van der Waals surface area contributed by atoms with Gasteiger partial charge < -0.3 is 10.6 Å². The Hall–Kier alpha value is -2.66. The van der Waals surface area contributed by atoms with E-state index in [0.29, 0.717) is 5.92 Å². The Kier molecular flexibility index (Phi) is 8.60. The summed E-state index contributed by atoms with van der Waals surface area (Å²) in [5.74, 6) is -0.106. The van der Waals surface area contributed by atoms with Gasteiger partial charge in [-0.15, -0.1) is 0 Å². The van der Waals surface area contributed by atoms with Gasteiger partial charge in [-0.1, -0.05) is 63.2 Å². The van der Waals surface area contributed by atoms with Crippen molar-refractivity contribution in [3.05, 3.63) is 64.7 Å². The van der Waals surface area contributed by atoms with Crippen LogP contribution in [0.25, 0.3) is 0 Å². The lowest BCUT2D eigenvalue weighted by molar-refractivity contribution is -0.125. The molecule has 5 heteroatoms. The molecule has 2 aromatic carbocycles. The van der Waals surface area contributed by atoms with Crippen molar-refractivity contribution < 1.29 is 9.59 Å². The zero-order chi connectivity index (χ0) is 22.3. The van der Waals surface area contributed by atoms with Crippen molar-refractivity contribution in [3.8, 4) is 0 Å². The van der Waals surface area contributed by atoms with Crippen LogP contribution in [0.5, 0.6) is 0 Å². The monoisotopic (exact) mass is 409 g/mol. The summed E-state index contributed by atoms with van der Waals surface area (Å²) < 4.78 is 0. The topological polar surface area (TPSA) is 70.2 Å². The normalized spacial score (nSPS) is 13.0. The number of anilines is 1. The lowest BCUT2D eigenvalue weighted by atomic mass is 9.94. The zero-order valence-corrected chi connectivity index (χ0v) is 19.0. The van der Waals surface area contributed by atoms with Crippen LogP contribution in [0.3, 0.4) is 0 Å². The minimum atomic E-state index is -0.420. The third-order valence-electron chi connectivity index (χ3n) is 5.41. The average Bonchev–Trinajstić information content (AvgIpc) is 2.72. The fraction of sp³-hybridized carbons (Fsp3) is 0.440. The maximum atomic E-state index is 12.6. The van der Waals surface area contributed by atoms with Gasteiger partial charge in [0.15, 0.2) is 0 Å². The van der Waals surface area contributed by atoms with E-state index in [4.69, 9.17) is 0 Å². The molecule has 0 saturated heterocycles. The molecule has 0 radical (unpaired) electrons. The first-order valence-corrected chi connectivity index (χ1v) is 10.7. The molecule has 0 fully saturated rings. The number of rotatable bonds is 9. The predicted octanol–water partition coefficient (Wildman–Crippen LogP) is 4.30. The van der Waals surface area contributed by atoms with Gasteiger partial charge in [-0.2, -0.15) is 0 Å². The lowest BCUT2D eigenvalue weighted by Crippen LogP contribution is -2.46. The summed E-state index contributed by atoms with van der Waals surface area (Å²) in [5.41, 5.74) is 5.26. The Morgan fingerprint density at radius 3 is 2.07 bits per heavy atom. The SMILES string of the molecule is CCc1ccc([C@@H](N[C@H](C)C(=O)NCC(=O)Nc2c(C)cccc2C)C(C)C)cc1. The lowest BCUT2D eigenvalue weighted by Gasteiger charge is -2.26. The molecule has 0 aliphatic carbocycles. The Balaban J connectivity index is 1.92. The van der Waals surface area contributed by atoms with E-state index in [2.05, 4.69) is 61.0 Å². The average molecular weight is 410 g/mol. The van der Waals surface area contributed by atoms with Crippen molar-refractivity contribution >= 4 is 17.5 Å². The van der Waals surface area contributed by atoms with Crippen LogP contribution in [-0.4, -0.2) is 24.4 Å². The molecule has 2 atom stereocenters. The molecule has 0 unspecified atom stereocenters. The second kappa shape index (κ2) is 10.9. The van der Waals surface area contributed by atoms with E-state index >= 15 is 0 Å². The molecular weight excluding hydrogens is 374 g/mol. The van der Waals surface area contributed by atoms with Gasteiger partial charge in [0.2, 0.25) is 11.8 Å². The highest BCUT2D eigenvalue weighted by Gasteiger charge is 2.22. The molecular formula is C25H35N3O2. The Morgan fingerprint density at radius 1 is 0.933 bits per heavy atom. The van der Waals surface area contributed by atoms with Crippen molar-refractivity contribution in [2.45, 2.75) is 60.0 Å². The first-order chi connectivity index (χ1) is 14.2. The molecule has 0 heterocycles. The van der Waals surface area contributed by atoms with Crippen molar-refractivity contribution in [1.82, 2.24) is 10.6 Å². The number of amides is 2. The van der Waals surface area contributed by atoms with Gasteiger partial charge in [-0.3, -0.25) is 14.9 Å². The number of benzene rings is 2. The van der Waals surface area contributed by atoms with E-state index in [1.807, 2.05) is 39.0 Å². The molecule has 0 aliphatic rings. The molecule has 5 nitrogen and oxygen atoms in total. The van der Waals surface area contributed by atoms with Crippen LogP contribution in [0, 0.1) is 19.8 Å². The molecule has 0 saturated carbocycles. The van der Waals surface area contributed by atoms with Crippen molar-refractivity contribution in [3.63, 3.8) is 0 Å². The van der Waals surface area contributed by atoms with E-state index in [0.717, 1.165) is 28.8 Å². The minimum absolute atomic E-state index is 0.0556. The van der Waals surface area contributed by atoms with Crippen molar-refractivity contribution in [2.75, 3.05) is 11.9 Å². The van der Waals surface area contributed by atoms with Gasteiger partial charge in [0, 0.05) is 11.7 Å².